The number of nitrogens with one attached hydrogen (secondary N) is 2. The molecule has 24 heavy (non-hydrogen) atoms. The van der Waals surface area contributed by atoms with Crippen molar-refractivity contribution in [2.45, 2.75) is 19.8 Å². The molecule has 0 atom stereocenters. The molecule has 3 rings (SSSR count). The van der Waals surface area contributed by atoms with E-state index in [0.29, 0.717) is 23.0 Å². The third-order valence-electron chi connectivity index (χ3n) is 3.78. The minimum absolute atomic E-state index is 0.243. The number of nitrogen functional groups attached to an aromatic ring is 1. The number of anilines is 1. The lowest BCUT2D eigenvalue weighted by Gasteiger charge is -2.04. The van der Waals surface area contributed by atoms with Gasteiger partial charge in [-0.2, -0.15) is 5.11 Å². The Hall–Kier alpha value is -3.15. The zero-order chi connectivity index (χ0) is 17.1. The van der Waals surface area contributed by atoms with Crippen LogP contribution >= 0.6 is 0 Å². The van der Waals surface area contributed by atoms with Crippen LogP contribution in [0, 0.1) is 0 Å². The average Bonchev–Trinajstić information content (AvgIpc) is 2.95. The van der Waals surface area contributed by atoms with Gasteiger partial charge in [0.2, 0.25) is 0 Å². The number of aromatic nitrogens is 2. The molecule has 0 aliphatic heterocycles. The van der Waals surface area contributed by atoms with Crippen molar-refractivity contribution in [1.82, 2.24) is 10.2 Å². The Kier molecular flexibility index (Phi) is 4.29. The van der Waals surface area contributed by atoms with Crippen LogP contribution in [0.4, 0.5) is 17.1 Å². The molecule has 0 amide bonds. The first-order chi connectivity index (χ1) is 11.5. The van der Waals surface area contributed by atoms with E-state index in [-0.39, 0.29) is 11.2 Å². The first-order valence-electron chi connectivity index (χ1n) is 7.73. The summed E-state index contributed by atoms with van der Waals surface area (Å²) >= 11 is 0. The highest BCUT2D eigenvalue weighted by atomic mass is 16.1. The fourth-order valence-electron chi connectivity index (χ4n) is 2.34. The van der Waals surface area contributed by atoms with Crippen molar-refractivity contribution in [3.63, 3.8) is 0 Å². The number of nitrogens with two attached hydrogens (primary N) is 1. The Morgan fingerprint density at radius 3 is 2.21 bits per heavy atom. The van der Waals surface area contributed by atoms with Crippen LogP contribution in [0.5, 0.6) is 0 Å². The van der Waals surface area contributed by atoms with E-state index in [0.717, 1.165) is 5.56 Å². The Morgan fingerprint density at radius 2 is 1.58 bits per heavy atom. The van der Waals surface area contributed by atoms with Gasteiger partial charge in [-0.05, 0) is 35.7 Å². The number of hydrogen-bond acceptors (Lipinski definition) is 4. The number of nitrogens with zero attached hydrogens (tertiary/aromatic N) is 2. The molecule has 0 bridgehead atoms. The second-order valence-electron chi connectivity index (χ2n) is 5.87. The maximum atomic E-state index is 12.0. The summed E-state index contributed by atoms with van der Waals surface area (Å²) in [4.78, 5) is 12.0. The number of azo groups is 1. The maximum Gasteiger partial charge on any atom is 0.292 e. The Bertz CT molecular complexity index is 902. The van der Waals surface area contributed by atoms with Crippen molar-refractivity contribution in [2.75, 3.05) is 5.73 Å². The number of benzene rings is 2. The number of aromatic amines is 2. The molecule has 6 nitrogen and oxygen atoms in total. The average molecular weight is 321 g/mol. The summed E-state index contributed by atoms with van der Waals surface area (Å²) in [5.74, 6) is 0.459. The lowest BCUT2D eigenvalue weighted by atomic mass is 10.0. The molecular formula is C18H19N5O. The van der Waals surface area contributed by atoms with Gasteiger partial charge in [-0.1, -0.05) is 38.1 Å². The molecule has 4 N–H and O–H groups in total. The lowest BCUT2D eigenvalue weighted by Crippen LogP contribution is -1.96. The van der Waals surface area contributed by atoms with E-state index in [4.69, 9.17) is 5.73 Å². The van der Waals surface area contributed by atoms with Crippen molar-refractivity contribution >= 4 is 17.1 Å². The van der Waals surface area contributed by atoms with Gasteiger partial charge < -0.3 is 5.73 Å². The standard InChI is InChI=1S/C18H19N5O/c1-11(2)12-5-9-15(10-6-12)20-22-17-16(21-23-18(17)24)13-3-7-14(19)8-4-13/h3-11H,19H2,1-2H3,(H2,21,23,24). The van der Waals surface area contributed by atoms with Crippen LogP contribution < -0.4 is 11.3 Å². The zero-order valence-corrected chi connectivity index (χ0v) is 13.6. The Labute approximate surface area is 139 Å². The van der Waals surface area contributed by atoms with Crippen molar-refractivity contribution in [1.29, 1.82) is 0 Å². The topological polar surface area (TPSA) is 99.4 Å². The molecule has 0 radical (unpaired) electrons. The van der Waals surface area contributed by atoms with Crippen molar-refractivity contribution in [3.8, 4) is 11.3 Å². The Morgan fingerprint density at radius 1 is 0.917 bits per heavy atom. The van der Waals surface area contributed by atoms with Crippen LogP contribution in [0.3, 0.4) is 0 Å². The predicted molar refractivity (Wildman–Crippen MR) is 96.0 cm³/mol. The van der Waals surface area contributed by atoms with Crippen molar-refractivity contribution in [2.24, 2.45) is 10.2 Å². The van der Waals surface area contributed by atoms with Crippen LogP contribution in [-0.2, 0) is 0 Å². The van der Waals surface area contributed by atoms with E-state index >= 15 is 0 Å². The molecule has 3 aromatic rings. The largest absolute Gasteiger partial charge is 0.399 e. The van der Waals surface area contributed by atoms with Crippen LogP contribution in [0.25, 0.3) is 11.3 Å². The fourth-order valence-corrected chi connectivity index (χ4v) is 2.34. The normalized spacial score (nSPS) is 11.5. The lowest BCUT2D eigenvalue weighted by molar-refractivity contribution is 0.866. The molecule has 0 fully saturated rings. The van der Waals surface area contributed by atoms with Crippen molar-refractivity contribution < 1.29 is 0 Å². The highest BCUT2D eigenvalue weighted by Gasteiger charge is 2.11. The van der Waals surface area contributed by atoms with E-state index in [1.54, 1.807) is 12.1 Å². The highest BCUT2D eigenvalue weighted by molar-refractivity contribution is 5.72. The molecule has 0 saturated heterocycles. The van der Waals surface area contributed by atoms with Crippen LogP contribution in [0.1, 0.15) is 25.3 Å². The van der Waals surface area contributed by atoms with Crippen molar-refractivity contribution in [3.05, 3.63) is 64.4 Å². The highest BCUT2D eigenvalue weighted by Crippen LogP contribution is 2.27. The second kappa shape index (κ2) is 6.54. The van der Waals surface area contributed by atoms with Gasteiger partial charge in [0.05, 0.1) is 11.4 Å². The monoisotopic (exact) mass is 321 g/mol. The molecule has 0 aliphatic rings. The van der Waals surface area contributed by atoms with E-state index < -0.39 is 0 Å². The molecule has 2 aromatic carbocycles. The number of hydrogen-bond donors (Lipinski definition) is 3. The third kappa shape index (κ3) is 3.27. The molecular weight excluding hydrogens is 302 g/mol. The van der Waals surface area contributed by atoms with E-state index in [1.165, 1.54) is 5.56 Å². The summed E-state index contributed by atoms with van der Waals surface area (Å²) < 4.78 is 0. The van der Waals surface area contributed by atoms with Gasteiger partial charge in [-0.3, -0.25) is 15.0 Å². The van der Waals surface area contributed by atoms with Gasteiger partial charge >= 0.3 is 0 Å². The van der Waals surface area contributed by atoms with E-state index in [1.807, 2.05) is 36.4 Å². The maximum absolute atomic E-state index is 12.0. The van der Waals surface area contributed by atoms with Crippen LogP contribution in [0.15, 0.2) is 63.6 Å². The van der Waals surface area contributed by atoms with Crippen LogP contribution in [-0.4, -0.2) is 10.2 Å². The summed E-state index contributed by atoms with van der Waals surface area (Å²) in [5, 5.41) is 13.7. The second-order valence-corrected chi connectivity index (χ2v) is 5.87. The van der Waals surface area contributed by atoms with Gasteiger partial charge in [0, 0.05) is 11.3 Å². The SMILES string of the molecule is CC(C)c1ccc(N=Nc2c(-c3ccc(N)cc3)[nH][nH]c2=O)cc1. The van der Waals surface area contributed by atoms with Gasteiger partial charge in [0.15, 0.2) is 5.69 Å². The smallest absolute Gasteiger partial charge is 0.292 e. The minimum atomic E-state index is -0.315. The summed E-state index contributed by atoms with van der Waals surface area (Å²) in [7, 11) is 0. The van der Waals surface area contributed by atoms with E-state index in [2.05, 4.69) is 34.3 Å². The molecule has 1 aromatic heterocycles. The van der Waals surface area contributed by atoms with Gasteiger partial charge in [-0.15, -0.1) is 5.11 Å². The molecule has 0 saturated carbocycles. The summed E-state index contributed by atoms with van der Waals surface area (Å²) in [5.41, 5.74) is 9.61. The summed E-state index contributed by atoms with van der Waals surface area (Å²) in [6.07, 6.45) is 0. The van der Waals surface area contributed by atoms with Crippen LogP contribution in [0.2, 0.25) is 0 Å². The molecule has 0 unspecified atom stereocenters. The first-order valence-corrected chi connectivity index (χ1v) is 7.73. The first kappa shape index (κ1) is 15.7. The fraction of sp³-hybridized carbons (Fsp3) is 0.167. The molecule has 0 aliphatic carbocycles. The molecule has 6 heteroatoms. The number of H-pyrrole nitrogens is 2. The zero-order valence-electron chi connectivity index (χ0n) is 13.6. The summed E-state index contributed by atoms with van der Waals surface area (Å²) in [6.45, 7) is 4.27. The minimum Gasteiger partial charge on any atom is -0.399 e. The number of rotatable bonds is 4. The third-order valence-corrected chi connectivity index (χ3v) is 3.78. The Balaban J connectivity index is 1.91. The van der Waals surface area contributed by atoms with E-state index in [9.17, 15) is 4.79 Å². The molecule has 122 valence electrons. The summed E-state index contributed by atoms with van der Waals surface area (Å²) in [6, 6.07) is 15.0. The predicted octanol–water partition coefficient (Wildman–Crippen LogP) is 4.49. The van der Waals surface area contributed by atoms with Gasteiger partial charge in [0.1, 0.15) is 0 Å². The van der Waals surface area contributed by atoms with Gasteiger partial charge in [-0.25, -0.2) is 0 Å². The molecule has 1 heterocycles. The molecule has 0 spiro atoms. The quantitative estimate of drug-likeness (QED) is 0.487. The van der Waals surface area contributed by atoms with Gasteiger partial charge in [0.25, 0.3) is 5.56 Å².